The molecule has 2 aromatic rings. The third kappa shape index (κ3) is 3.37. The quantitative estimate of drug-likeness (QED) is 0.844. The number of hydrogen-bond donors (Lipinski definition) is 1. The summed E-state index contributed by atoms with van der Waals surface area (Å²) in [7, 11) is 0. The average Bonchev–Trinajstić information content (AvgIpc) is 2.83. The third-order valence-electron chi connectivity index (χ3n) is 2.87. The van der Waals surface area contributed by atoms with Gasteiger partial charge in [0.15, 0.2) is 0 Å². The van der Waals surface area contributed by atoms with E-state index in [-0.39, 0.29) is 11.5 Å². The lowest BCUT2D eigenvalue weighted by Crippen LogP contribution is -2.30. The Morgan fingerprint density at radius 2 is 2.15 bits per heavy atom. The van der Waals surface area contributed by atoms with Gasteiger partial charge < -0.3 is 10.6 Å². The van der Waals surface area contributed by atoms with Gasteiger partial charge in [0, 0.05) is 17.1 Å². The summed E-state index contributed by atoms with van der Waals surface area (Å²) in [5.74, 6) is -0.892. The molecule has 0 aliphatic carbocycles. The van der Waals surface area contributed by atoms with Crippen molar-refractivity contribution < 1.29 is 9.18 Å². The normalized spacial score (nSPS) is 10.6. The first-order valence-corrected chi connectivity index (χ1v) is 7.70. The number of carbonyl (C=O) groups is 1. The molecule has 0 aliphatic heterocycles. The minimum atomic E-state index is -0.546. The molecule has 1 heterocycles. The second kappa shape index (κ2) is 6.37. The van der Waals surface area contributed by atoms with Crippen molar-refractivity contribution in [2.45, 2.75) is 13.5 Å². The molecule has 0 saturated heterocycles. The smallest absolute Gasteiger partial charge is 0.257 e. The number of carbonyl (C=O) groups excluding carboxylic acids is 1. The molecule has 0 fully saturated rings. The molecule has 1 amide bonds. The Hall–Kier alpha value is -1.40. The number of hydrogen-bond acceptors (Lipinski definition) is 3. The summed E-state index contributed by atoms with van der Waals surface area (Å²) in [6.07, 6.45) is 0. The van der Waals surface area contributed by atoms with Gasteiger partial charge >= 0.3 is 0 Å². The molecule has 0 unspecified atom stereocenters. The number of rotatable bonds is 4. The zero-order valence-electron chi connectivity index (χ0n) is 10.9. The number of thiophene rings is 1. The zero-order valence-corrected chi connectivity index (χ0v) is 13.3. The van der Waals surface area contributed by atoms with E-state index in [4.69, 9.17) is 5.73 Å². The summed E-state index contributed by atoms with van der Waals surface area (Å²) in [6, 6.07) is 7.92. The molecule has 2 rings (SSSR count). The Balaban J connectivity index is 2.22. The third-order valence-corrected chi connectivity index (χ3v) is 4.47. The summed E-state index contributed by atoms with van der Waals surface area (Å²) in [5, 5.41) is 0. The van der Waals surface area contributed by atoms with Gasteiger partial charge in [-0.15, -0.1) is 11.3 Å². The molecule has 0 saturated carbocycles. The van der Waals surface area contributed by atoms with E-state index >= 15 is 0 Å². The van der Waals surface area contributed by atoms with Gasteiger partial charge in [-0.2, -0.15) is 0 Å². The van der Waals surface area contributed by atoms with E-state index in [1.807, 2.05) is 19.1 Å². The van der Waals surface area contributed by atoms with Gasteiger partial charge in [0.2, 0.25) is 0 Å². The van der Waals surface area contributed by atoms with E-state index in [0.717, 1.165) is 8.66 Å². The van der Waals surface area contributed by atoms with E-state index in [9.17, 15) is 9.18 Å². The predicted octanol–water partition coefficient (Wildman–Crippen LogP) is 3.89. The van der Waals surface area contributed by atoms with Crippen LogP contribution in [0.5, 0.6) is 0 Å². The van der Waals surface area contributed by atoms with Gasteiger partial charge in [-0.3, -0.25) is 4.79 Å². The van der Waals surface area contributed by atoms with Crippen LogP contribution in [0.25, 0.3) is 0 Å². The topological polar surface area (TPSA) is 46.3 Å². The van der Waals surface area contributed by atoms with E-state index in [1.165, 1.54) is 18.2 Å². The van der Waals surface area contributed by atoms with Crippen molar-refractivity contribution in [3.8, 4) is 0 Å². The highest BCUT2D eigenvalue weighted by Gasteiger charge is 2.19. The Kier molecular flexibility index (Phi) is 4.77. The minimum Gasteiger partial charge on any atom is -0.399 e. The van der Waals surface area contributed by atoms with Gasteiger partial charge in [-0.1, -0.05) is 0 Å². The number of halogens is 2. The number of amides is 1. The van der Waals surface area contributed by atoms with Crippen LogP contribution in [0.2, 0.25) is 0 Å². The van der Waals surface area contributed by atoms with Crippen LogP contribution in [-0.2, 0) is 6.54 Å². The van der Waals surface area contributed by atoms with Gasteiger partial charge in [-0.25, -0.2) is 4.39 Å². The zero-order chi connectivity index (χ0) is 14.7. The van der Waals surface area contributed by atoms with Crippen molar-refractivity contribution in [2.75, 3.05) is 12.3 Å². The standard InChI is InChI=1S/C14H14BrFN2OS/c1-2-18(8-10-4-6-13(15)20-10)14(19)11-7-9(17)3-5-12(11)16/h3-7H,2,8,17H2,1H3. The van der Waals surface area contributed by atoms with Crippen molar-refractivity contribution in [3.05, 3.63) is 50.4 Å². The van der Waals surface area contributed by atoms with Crippen LogP contribution in [0.3, 0.4) is 0 Å². The molecule has 20 heavy (non-hydrogen) atoms. The summed E-state index contributed by atoms with van der Waals surface area (Å²) >= 11 is 4.94. The van der Waals surface area contributed by atoms with Crippen molar-refractivity contribution in [3.63, 3.8) is 0 Å². The lowest BCUT2D eigenvalue weighted by molar-refractivity contribution is 0.0749. The monoisotopic (exact) mass is 356 g/mol. The maximum Gasteiger partial charge on any atom is 0.257 e. The van der Waals surface area contributed by atoms with Crippen LogP contribution in [0.1, 0.15) is 22.2 Å². The van der Waals surface area contributed by atoms with Gasteiger partial charge in [-0.05, 0) is 53.2 Å². The van der Waals surface area contributed by atoms with Gasteiger partial charge in [0.1, 0.15) is 5.82 Å². The second-order valence-electron chi connectivity index (χ2n) is 4.26. The van der Waals surface area contributed by atoms with E-state index < -0.39 is 5.82 Å². The number of nitrogen functional groups attached to an aromatic ring is 1. The van der Waals surface area contributed by atoms with E-state index in [2.05, 4.69) is 15.9 Å². The lowest BCUT2D eigenvalue weighted by Gasteiger charge is -2.20. The fraction of sp³-hybridized carbons (Fsp3) is 0.214. The molecule has 6 heteroatoms. The predicted molar refractivity (Wildman–Crippen MR) is 83.2 cm³/mol. The highest BCUT2D eigenvalue weighted by Crippen LogP contribution is 2.24. The molecule has 106 valence electrons. The van der Waals surface area contributed by atoms with Crippen molar-refractivity contribution in [2.24, 2.45) is 0 Å². The number of benzene rings is 1. The highest BCUT2D eigenvalue weighted by atomic mass is 79.9. The number of nitrogens with zero attached hydrogens (tertiary/aromatic N) is 1. The van der Waals surface area contributed by atoms with Crippen molar-refractivity contribution in [1.29, 1.82) is 0 Å². The number of nitrogens with two attached hydrogens (primary N) is 1. The fourth-order valence-electron chi connectivity index (χ4n) is 1.83. The maximum absolute atomic E-state index is 13.8. The molecule has 2 N–H and O–H groups in total. The molecule has 0 atom stereocenters. The molecule has 0 spiro atoms. The van der Waals surface area contributed by atoms with Crippen LogP contribution < -0.4 is 5.73 Å². The maximum atomic E-state index is 13.8. The second-order valence-corrected chi connectivity index (χ2v) is 6.81. The molecule has 0 aliphatic rings. The Labute approximate surface area is 129 Å². The first-order chi connectivity index (χ1) is 9.51. The lowest BCUT2D eigenvalue weighted by atomic mass is 10.1. The van der Waals surface area contributed by atoms with Gasteiger partial charge in [0.25, 0.3) is 5.91 Å². The fourth-order valence-corrected chi connectivity index (χ4v) is 3.33. The van der Waals surface area contributed by atoms with Crippen molar-refractivity contribution in [1.82, 2.24) is 4.90 Å². The van der Waals surface area contributed by atoms with Crippen LogP contribution in [0, 0.1) is 5.82 Å². The van der Waals surface area contributed by atoms with E-state index in [1.54, 1.807) is 16.2 Å². The number of anilines is 1. The minimum absolute atomic E-state index is 0.0162. The Morgan fingerprint density at radius 1 is 1.40 bits per heavy atom. The summed E-state index contributed by atoms with van der Waals surface area (Å²) in [6.45, 7) is 2.83. The molecule has 3 nitrogen and oxygen atoms in total. The van der Waals surface area contributed by atoms with Crippen molar-refractivity contribution >= 4 is 38.9 Å². The van der Waals surface area contributed by atoms with Crippen LogP contribution in [0.4, 0.5) is 10.1 Å². The summed E-state index contributed by atoms with van der Waals surface area (Å²) in [5.41, 5.74) is 6.02. The molecule has 1 aromatic heterocycles. The Bertz CT molecular complexity index is 629. The molecule has 0 radical (unpaired) electrons. The molecular weight excluding hydrogens is 343 g/mol. The molecule has 1 aromatic carbocycles. The summed E-state index contributed by atoms with van der Waals surface area (Å²) in [4.78, 5) is 15.0. The summed E-state index contributed by atoms with van der Waals surface area (Å²) < 4.78 is 14.8. The largest absolute Gasteiger partial charge is 0.399 e. The van der Waals surface area contributed by atoms with Crippen LogP contribution >= 0.6 is 27.3 Å². The Morgan fingerprint density at radius 3 is 2.75 bits per heavy atom. The van der Waals surface area contributed by atoms with Crippen LogP contribution in [0.15, 0.2) is 34.1 Å². The van der Waals surface area contributed by atoms with E-state index in [0.29, 0.717) is 18.8 Å². The molecule has 0 bridgehead atoms. The van der Waals surface area contributed by atoms with Gasteiger partial charge in [0.05, 0.1) is 15.9 Å². The first kappa shape index (κ1) is 15.0. The first-order valence-electron chi connectivity index (χ1n) is 6.09. The van der Waals surface area contributed by atoms with Crippen LogP contribution in [-0.4, -0.2) is 17.4 Å². The highest BCUT2D eigenvalue weighted by molar-refractivity contribution is 9.11. The average molecular weight is 357 g/mol. The molecular formula is C14H14BrFN2OS. The SMILES string of the molecule is CCN(Cc1ccc(Br)s1)C(=O)c1cc(N)ccc1F.